The maximum absolute atomic E-state index is 13.2. The molecule has 166 valence electrons. The molecule has 0 spiro atoms. The first-order valence-electron chi connectivity index (χ1n) is 10.9. The van der Waals surface area contributed by atoms with Gasteiger partial charge in [0.15, 0.2) is 0 Å². The van der Waals surface area contributed by atoms with E-state index in [2.05, 4.69) is 0 Å². The van der Waals surface area contributed by atoms with Gasteiger partial charge in [0.1, 0.15) is 5.82 Å². The number of nitrogens with two attached hydrogens (primary N) is 1. The standard InChI is InChI=1S/C23H36N4O3/c1-17(2)22(28)26(14-10-6-5-9-13-24)18(3)21-25-20-12-8-7-11-19(20)23(29)27(21)15-16-30-4/h7-8,11-12,17-18H,5-6,9-10,13-16,24H2,1-4H3. The molecule has 0 bridgehead atoms. The Balaban J connectivity index is 2.42. The molecule has 2 rings (SSSR count). The molecule has 0 radical (unpaired) electrons. The lowest BCUT2D eigenvalue weighted by atomic mass is 10.1. The number of fused-ring (bicyclic) bond motifs is 1. The van der Waals surface area contributed by atoms with E-state index in [0.717, 1.165) is 25.7 Å². The zero-order chi connectivity index (χ0) is 22.1. The number of amides is 1. The van der Waals surface area contributed by atoms with Gasteiger partial charge in [-0.3, -0.25) is 14.2 Å². The smallest absolute Gasteiger partial charge is 0.261 e. The summed E-state index contributed by atoms with van der Waals surface area (Å²) in [5, 5.41) is 0.577. The number of hydrogen-bond donors (Lipinski definition) is 1. The lowest BCUT2D eigenvalue weighted by Crippen LogP contribution is -2.40. The number of para-hydroxylation sites is 1. The monoisotopic (exact) mass is 416 g/mol. The van der Waals surface area contributed by atoms with Crippen molar-refractivity contribution in [2.45, 2.75) is 59.0 Å². The minimum absolute atomic E-state index is 0.0713. The van der Waals surface area contributed by atoms with Crippen molar-refractivity contribution < 1.29 is 9.53 Å². The molecule has 0 saturated heterocycles. The zero-order valence-corrected chi connectivity index (χ0v) is 18.8. The number of rotatable bonds is 12. The Hall–Kier alpha value is -2.25. The second kappa shape index (κ2) is 11.8. The molecular weight excluding hydrogens is 380 g/mol. The molecule has 2 N–H and O–H groups in total. The van der Waals surface area contributed by atoms with Crippen molar-refractivity contribution >= 4 is 16.8 Å². The Kier molecular flexibility index (Phi) is 9.46. The van der Waals surface area contributed by atoms with Gasteiger partial charge in [0.25, 0.3) is 5.56 Å². The van der Waals surface area contributed by atoms with E-state index in [4.69, 9.17) is 15.5 Å². The van der Waals surface area contributed by atoms with Crippen LogP contribution in [0.15, 0.2) is 29.1 Å². The molecule has 1 aromatic carbocycles. The fraction of sp³-hybridized carbons (Fsp3) is 0.609. The maximum atomic E-state index is 13.2. The SMILES string of the molecule is COCCn1c(C(C)N(CCCCCCN)C(=O)C(C)C)nc2ccccc2c1=O. The van der Waals surface area contributed by atoms with Crippen LogP contribution in [0.5, 0.6) is 0 Å². The lowest BCUT2D eigenvalue weighted by molar-refractivity contribution is -0.137. The molecule has 0 aliphatic heterocycles. The number of benzene rings is 1. The predicted molar refractivity (Wildman–Crippen MR) is 120 cm³/mol. The Morgan fingerprint density at radius 1 is 1.17 bits per heavy atom. The minimum Gasteiger partial charge on any atom is -0.383 e. The summed E-state index contributed by atoms with van der Waals surface area (Å²) >= 11 is 0. The molecule has 1 unspecified atom stereocenters. The lowest BCUT2D eigenvalue weighted by Gasteiger charge is -2.32. The van der Waals surface area contributed by atoms with Crippen molar-refractivity contribution in [2.24, 2.45) is 11.7 Å². The van der Waals surface area contributed by atoms with Crippen LogP contribution in [0.3, 0.4) is 0 Å². The number of methoxy groups -OCH3 is 1. The Bertz CT molecular complexity index is 878. The van der Waals surface area contributed by atoms with Gasteiger partial charge in [-0.25, -0.2) is 4.98 Å². The molecule has 1 amide bonds. The molecule has 0 fully saturated rings. The Morgan fingerprint density at radius 3 is 2.53 bits per heavy atom. The number of unbranched alkanes of at least 4 members (excludes halogenated alkanes) is 3. The third-order valence-electron chi connectivity index (χ3n) is 5.38. The van der Waals surface area contributed by atoms with Gasteiger partial charge in [0, 0.05) is 19.6 Å². The van der Waals surface area contributed by atoms with Crippen molar-refractivity contribution in [3.8, 4) is 0 Å². The molecule has 1 aromatic heterocycles. The van der Waals surface area contributed by atoms with Gasteiger partial charge in [-0.15, -0.1) is 0 Å². The van der Waals surface area contributed by atoms with Crippen LogP contribution in [0, 0.1) is 5.92 Å². The summed E-state index contributed by atoms with van der Waals surface area (Å²) in [4.78, 5) is 32.9. The van der Waals surface area contributed by atoms with E-state index in [1.165, 1.54) is 0 Å². The highest BCUT2D eigenvalue weighted by atomic mass is 16.5. The van der Waals surface area contributed by atoms with Crippen LogP contribution in [0.25, 0.3) is 10.9 Å². The predicted octanol–water partition coefficient (Wildman–Crippen LogP) is 3.11. The van der Waals surface area contributed by atoms with E-state index < -0.39 is 0 Å². The number of nitrogens with zero attached hydrogens (tertiary/aromatic N) is 3. The first kappa shape index (κ1) is 24.0. The molecular formula is C23H36N4O3. The number of aromatic nitrogens is 2. The molecule has 2 aromatic rings. The van der Waals surface area contributed by atoms with Gasteiger partial charge in [0.05, 0.1) is 30.1 Å². The molecule has 0 saturated carbocycles. The normalized spacial score (nSPS) is 12.5. The quantitative estimate of drug-likeness (QED) is 0.537. The summed E-state index contributed by atoms with van der Waals surface area (Å²) < 4.78 is 6.88. The van der Waals surface area contributed by atoms with Crippen molar-refractivity contribution in [2.75, 3.05) is 26.8 Å². The summed E-state index contributed by atoms with van der Waals surface area (Å²) in [6.45, 7) is 7.89. The second-order valence-electron chi connectivity index (χ2n) is 8.00. The van der Waals surface area contributed by atoms with E-state index in [1.807, 2.05) is 43.9 Å². The Labute approximate surface area is 179 Å². The molecule has 7 nitrogen and oxygen atoms in total. The van der Waals surface area contributed by atoms with E-state index in [-0.39, 0.29) is 23.4 Å². The maximum Gasteiger partial charge on any atom is 0.261 e. The summed E-state index contributed by atoms with van der Waals surface area (Å²) in [6, 6.07) is 7.03. The molecule has 30 heavy (non-hydrogen) atoms. The summed E-state index contributed by atoms with van der Waals surface area (Å²) in [5.74, 6) is 0.546. The largest absolute Gasteiger partial charge is 0.383 e. The average molecular weight is 417 g/mol. The van der Waals surface area contributed by atoms with Crippen LogP contribution in [-0.2, 0) is 16.1 Å². The van der Waals surface area contributed by atoms with Gasteiger partial charge < -0.3 is 15.4 Å². The van der Waals surface area contributed by atoms with Gasteiger partial charge in [-0.2, -0.15) is 0 Å². The molecule has 0 aliphatic rings. The number of hydrogen-bond acceptors (Lipinski definition) is 5. The van der Waals surface area contributed by atoms with E-state index >= 15 is 0 Å². The Morgan fingerprint density at radius 2 is 1.87 bits per heavy atom. The number of carbonyl (C=O) groups is 1. The van der Waals surface area contributed by atoms with Crippen molar-refractivity contribution in [3.05, 3.63) is 40.4 Å². The molecule has 0 aliphatic carbocycles. The van der Waals surface area contributed by atoms with Crippen LogP contribution < -0.4 is 11.3 Å². The van der Waals surface area contributed by atoms with Crippen molar-refractivity contribution in [1.82, 2.24) is 14.5 Å². The molecule has 7 heteroatoms. The minimum atomic E-state index is -0.316. The summed E-state index contributed by atoms with van der Waals surface area (Å²) in [7, 11) is 1.61. The fourth-order valence-corrected chi connectivity index (χ4v) is 3.65. The van der Waals surface area contributed by atoms with E-state index in [9.17, 15) is 9.59 Å². The highest BCUT2D eigenvalue weighted by molar-refractivity contribution is 5.79. The van der Waals surface area contributed by atoms with E-state index in [1.54, 1.807) is 17.7 Å². The van der Waals surface area contributed by atoms with E-state index in [0.29, 0.717) is 43.0 Å². The fourth-order valence-electron chi connectivity index (χ4n) is 3.65. The van der Waals surface area contributed by atoms with Gasteiger partial charge in [-0.1, -0.05) is 38.8 Å². The summed E-state index contributed by atoms with van der Waals surface area (Å²) in [5.41, 5.74) is 6.14. The summed E-state index contributed by atoms with van der Waals surface area (Å²) in [6.07, 6.45) is 3.98. The topological polar surface area (TPSA) is 90.4 Å². The van der Waals surface area contributed by atoms with Crippen LogP contribution in [0.4, 0.5) is 0 Å². The third kappa shape index (κ3) is 5.89. The third-order valence-corrected chi connectivity index (χ3v) is 5.38. The zero-order valence-electron chi connectivity index (χ0n) is 18.8. The average Bonchev–Trinajstić information content (AvgIpc) is 2.74. The second-order valence-corrected chi connectivity index (χ2v) is 8.00. The first-order chi connectivity index (χ1) is 14.4. The first-order valence-corrected chi connectivity index (χ1v) is 10.9. The number of ether oxygens (including phenoxy) is 1. The number of carbonyl (C=O) groups excluding carboxylic acids is 1. The van der Waals surface area contributed by atoms with Crippen LogP contribution in [-0.4, -0.2) is 47.2 Å². The molecule has 1 heterocycles. The van der Waals surface area contributed by atoms with Crippen LogP contribution >= 0.6 is 0 Å². The molecule has 1 atom stereocenters. The van der Waals surface area contributed by atoms with Crippen LogP contribution in [0.2, 0.25) is 0 Å². The highest BCUT2D eigenvalue weighted by Crippen LogP contribution is 2.23. The highest BCUT2D eigenvalue weighted by Gasteiger charge is 2.27. The van der Waals surface area contributed by atoms with Crippen molar-refractivity contribution in [1.29, 1.82) is 0 Å². The van der Waals surface area contributed by atoms with Crippen LogP contribution in [0.1, 0.15) is 58.3 Å². The van der Waals surface area contributed by atoms with Gasteiger partial charge in [-0.05, 0) is 38.4 Å². The van der Waals surface area contributed by atoms with Crippen molar-refractivity contribution in [3.63, 3.8) is 0 Å². The van der Waals surface area contributed by atoms with Gasteiger partial charge >= 0.3 is 0 Å². The van der Waals surface area contributed by atoms with Gasteiger partial charge in [0.2, 0.25) is 5.91 Å².